The summed E-state index contributed by atoms with van der Waals surface area (Å²) in [6, 6.07) is 29.5. The van der Waals surface area contributed by atoms with Gasteiger partial charge in [0.2, 0.25) is 0 Å². The Morgan fingerprint density at radius 2 is 1.28 bits per heavy atom. The molecule has 1 aliphatic rings. The van der Waals surface area contributed by atoms with Crippen LogP contribution in [0.5, 0.6) is 5.75 Å². The molecule has 0 heterocycles. The van der Waals surface area contributed by atoms with Gasteiger partial charge in [-0.15, -0.1) is 0 Å². The summed E-state index contributed by atoms with van der Waals surface area (Å²) in [5.74, 6) is 0.750. The van der Waals surface area contributed by atoms with Crippen LogP contribution in [0.1, 0.15) is 58.1 Å². The van der Waals surface area contributed by atoms with Crippen molar-refractivity contribution in [3.8, 4) is 5.75 Å². The number of para-hydroxylation sites is 1. The van der Waals surface area contributed by atoms with E-state index in [0.717, 1.165) is 37.0 Å². The van der Waals surface area contributed by atoms with Gasteiger partial charge in [0.1, 0.15) is 11.9 Å². The smallest absolute Gasteiger partial charge is 0.261 e. The monoisotopic (exact) mass is 504 g/mol. The van der Waals surface area contributed by atoms with E-state index in [4.69, 9.17) is 13.9 Å². The zero-order valence-corrected chi connectivity index (χ0v) is 23.0. The third-order valence-corrected chi connectivity index (χ3v) is 12.5. The molecule has 3 aromatic rings. The van der Waals surface area contributed by atoms with Crippen LogP contribution < -0.4 is 15.1 Å². The van der Waals surface area contributed by atoms with E-state index < -0.39 is 8.32 Å². The van der Waals surface area contributed by atoms with Crippen molar-refractivity contribution in [2.45, 2.75) is 69.8 Å². The van der Waals surface area contributed by atoms with E-state index in [1.807, 2.05) is 24.3 Å². The minimum atomic E-state index is -2.56. The summed E-state index contributed by atoms with van der Waals surface area (Å²) in [5, 5.41) is 12.7. The zero-order chi connectivity index (χ0) is 25.6. The van der Waals surface area contributed by atoms with Crippen molar-refractivity contribution < 1.29 is 19.0 Å². The van der Waals surface area contributed by atoms with E-state index in [1.165, 1.54) is 10.4 Å². The molecule has 1 aliphatic carbocycles. The van der Waals surface area contributed by atoms with Crippen molar-refractivity contribution in [3.05, 3.63) is 90.5 Å². The SMILES string of the molecule is COc1ccccc1C(CO)OC1CCC(O[Si](c2ccccc2)(c2ccccc2)C(C)(C)C)CC1. The summed E-state index contributed by atoms with van der Waals surface area (Å²) in [7, 11) is -0.907. The van der Waals surface area contributed by atoms with Crippen LogP contribution in [0.4, 0.5) is 0 Å². The highest BCUT2D eigenvalue weighted by atomic mass is 28.4. The fraction of sp³-hybridized carbons (Fsp3) is 0.419. The third-order valence-electron chi connectivity index (χ3n) is 7.39. The Labute approximate surface area is 217 Å². The molecule has 1 saturated carbocycles. The molecule has 0 saturated heterocycles. The van der Waals surface area contributed by atoms with Crippen LogP contribution in [-0.4, -0.2) is 39.3 Å². The maximum Gasteiger partial charge on any atom is 0.261 e. The molecule has 0 aromatic heterocycles. The summed E-state index contributed by atoms with van der Waals surface area (Å²) in [4.78, 5) is 0. The van der Waals surface area contributed by atoms with E-state index >= 15 is 0 Å². The van der Waals surface area contributed by atoms with Gasteiger partial charge in [-0.3, -0.25) is 0 Å². The fourth-order valence-corrected chi connectivity index (χ4v) is 10.4. The van der Waals surface area contributed by atoms with Gasteiger partial charge >= 0.3 is 0 Å². The van der Waals surface area contributed by atoms with Gasteiger partial charge in [-0.25, -0.2) is 0 Å². The lowest BCUT2D eigenvalue weighted by molar-refractivity contribution is -0.0674. The summed E-state index contributed by atoms with van der Waals surface area (Å²) >= 11 is 0. The lowest BCUT2D eigenvalue weighted by Crippen LogP contribution is -2.67. The van der Waals surface area contributed by atoms with Crippen LogP contribution in [0.25, 0.3) is 0 Å². The summed E-state index contributed by atoms with van der Waals surface area (Å²) < 4.78 is 19.2. The van der Waals surface area contributed by atoms with Gasteiger partial charge in [0, 0.05) is 11.7 Å². The Morgan fingerprint density at radius 3 is 1.78 bits per heavy atom. The van der Waals surface area contributed by atoms with Gasteiger partial charge in [0.05, 0.1) is 19.8 Å². The van der Waals surface area contributed by atoms with Gasteiger partial charge in [-0.05, 0) is 47.2 Å². The quantitative estimate of drug-likeness (QED) is 0.384. The molecule has 3 aromatic carbocycles. The molecule has 192 valence electrons. The summed E-state index contributed by atoms with van der Waals surface area (Å²) in [5.41, 5.74) is 0.896. The average Bonchev–Trinajstić information content (AvgIpc) is 2.91. The lowest BCUT2D eigenvalue weighted by atomic mass is 9.95. The van der Waals surface area contributed by atoms with Crippen molar-refractivity contribution in [3.63, 3.8) is 0 Å². The molecule has 0 radical (unpaired) electrons. The molecule has 1 unspecified atom stereocenters. The zero-order valence-electron chi connectivity index (χ0n) is 22.0. The van der Waals surface area contributed by atoms with Gasteiger partial charge in [0.25, 0.3) is 8.32 Å². The minimum absolute atomic E-state index is 0.0328. The van der Waals surface area contributed by atoms with Crippen molar-refractivity contribution in [2.24, 2.45) is 0 Å². The van der Waals surface area contributed by atoms with E-state index in [9.17, 15) is 5.11 Å². The van der Waals surface area contributed by atoms with Crippen LogP contribution in [0.15, 0.2) is 84.9 Å². The number of benzene rings is 3. The Hall–Kier alpha value is -2.44. The Morgan fingerprint density at radius 1 is 0.778 bits per heavy atom. The number of aliphatic hydroxyl groups excluding tert-OH is 1. The lowest BCUT2D eigenvalue weighted by Gasteiger charge is -2.46. The number of rotatable bonds is 9. The summed E-state index contributed by atoms with van der Waals surface area (Å²) in [6.45, 7) is 6.91. The molecule has 1 atom stereocenters. The topological polar surface area (TPSA) is 47.9 Å². The molecule has 0 spiro atoms. The number of hydrogen-bond acceptors (Lipinski definition) is 4. The molecule has 1 fully saturated rings. The minimum Gasteiger partial charge on any atom is -0.496 e. The standard InChI is InChI=1S/C31H40O4Si/c1-31(2,3)36(26-13-7-5-8-14-26,27-15-9-6-10-16-27)35-25-21-19-24(20-22-25)34-30(23-32)28-17-11-12-18-29(28)33-4/h5-18,24-25,30,32H,19-23H2,1-4H3. The largest absolute Gasteiger partial charge is 0.496 e. The van der Waals surface area contributed by atoms with E-state index in [-0.39, 0.29) is 30.0 Å². The predicted octanol–water partition coefficient (Wildman–Crippen LogP) is 5.63. The molecule has 36 heavy (non-hydrogen) atoms. The first-order valence-electron chi connectivity index (χ1n) is 13.1. The molecule has 0 bridgehead atoms. The number of aliphatic hydroxyl groups is 1. The van der Waals surface area contributed by atoms with Crippen molar-refractivity contribution in [2.75, 3.05) is 13.7 Å². The number of ether oxygens (including phenoxy) is 2. The molecule has 4 rings (SSSR count). The fourth-order valence-electron chi connectivity index (χ4n) is 5.61. The van der Waals surface area contributed by atoms with E-state index in [2.05, 4.69) is 81.4 Å². The maximum atomic E-state index is 10.1. The van der Waals surface area contributed by atoms with Crippen molar-refractivity contribution in [1.82, 2.24) is 0 Å². The normalized spacial score (nSPS) is 19.6. The predicted molar refractivity (Wildman–Crippen MR) is 149 cm³/mol. The second-order valence-corrected chi connectivity index (χ2v) is 15.0. The van der Waals surface area contributed by atoms with Crippen LogP contribution in [-0.2, 0) is 9.16 Å². The molecule has 1 N–H and O–H groups in total. The maximum absolute atomic E-state index is 10.1. The highest BCUT2D eigenvalue weighted by molar-refractivity contribution is 6.99. The second-order valence-electron chi connectivity index (χ2n) is 10.7. The molecule has 5 heteroatoms. The highest BCUT2D eigenvalue weighted by Gasteiger charge is 2.51. The Bertz CT molecular complexity index is 1030. The molecule has 4 nitrogen and oxygen atoms in total. The second kappa shape index (κ2) is 11.7. The molecule has 0 aliphatic heterocycles. The number of methoxy groups -OCH3 is 1. The van der Waals surface area contributed by atoms with Gasteiger partial charge in [-0.2, -0.15) is 0 Å². The van der Waals surface area contributed by atoms with Crippen LogP contribution in [0.2, 0.25) is 5.04 Å². The first-order valence-corrected chi connectivity index (χ1v) is 15.0. The van der Waals surface area contributed by atoms with Gasteiger partial charge in [-0.1, -0.05) is 99.6 Å². The number of hydrogen-bond donors (Lipinski definition) is 1. The van der Waals surface area contributed by atoms with Crippen molar-refractivity contribution in [1.29, 1.82) is 0 Å². The Balaban J connectivity index is 1.52. The molecule has 0 amide bonds. The highest BCUT2D eigenvalue weighted by Crippen LogP contribution is 2.40. The Kier molecular flexibility index (Phi) is 8.68. The van der Waals surface area contributed by atoms with Crippen LogP contribution >= 0.6 is 0 Å². The van der Waals surface area contributed by atoms with Crippen LogP contribution in [0, 0.1) is 0 Å². The van der Waals surface area contributed by atoms with Gasteiger partial charge < -0.3 is 19.0 Å². The van der Waals surface area contributed by atoms with Crippen molar-refractivity contribution >= 4 is 18.7 Å². The first-order chi connectivity index (χ1) is 17.4. The average molecular weight is 505 g/mol. The molecular formula is C31H40O4Si. The van der Waals surface area contributed by atoms with E-state index in [1.54, 1.807) is 7.11 Å². The summed E-state index contributed by atoms with van der Waals surface area (Å²) in [6.07, 6.45) is 3.59. The van der Waals surface area contributed by atoms with E-state index in [0.29, 0.717) is 0 Å². The van der Waals surface area contributed by atoms with Crippen LogP contribution in [0.3, 0.4) is 0 Å². The third kappa shape index (κ3) is 5.60. The molecular weight excluding hydrogens is 464 g/mol. The van der Waals surface area contributed by atoms with Gasteiger partial charge in [0.15, 0.2) is 0 Å². The first kappa shape index (κ1) is 26.6.